The summed E-state index contributed by atoms with van der Waals surface area (Å²) in [4.78, 5) is 30.5. The van der Waals surface area contributed by atoms with E-state index in [0.717, 1.165) is 30.2 Å². The van der Waals surface area contributed by atoms with Crippen LogP contribution in [0, 0.1) is 0 Å². The smallest absolute Gasteiger partial charge is 0.255 e. The van der Waals surface area contributed by atoms with Crippen LogP contribution >= 0.6 is 23.2 Å². The number of methoxy groups -OCH3 is 2. The van der Waals surface area contributed by atoms with Gasteiger partial charge in [0.25, 0.3) is 11.8 Å². The predicted molar refractivity (Wildman–Crippen MR) is 152 cm³/mol. The highest BCUT2D eigenvalue weighted by atomic mass is 35.5. The highest BCUT2D eigenvalue weighted by Gasteiger charge is 2.24. The number of piperazine rings is 1. The number of halogens is 2. The molecule has 0 radical (unpaired) electrons. The molecule has 200 valence electrons. The van der Waals surface area contributed by atoms with Crippen molar-refractivity contribution in [1.29, 1.82) is 0 Å². The predicted octanol–water partition coefficient (Wildman–Crippen LogP) is 4.96. The molecule has 0 saturated carbocycles. The Labute approximate surface area is 232 Å². The molecule has 1 fully saturated rings. The third-order valence-electron chi connectivity index (χ3n) is 6.26. The van der Waals surface area contributed by atoms with Gasteiger partial charge in [0, 0.05) is 66.8 Å². The first-order chi connectivity index (χ1) is 18.4. The SMILES string of the molecule is COCCNC(=O)c1cc(NC(=O)c2cc(Cl)cc(Cl)c2)ccc1N1CCN(c2ccccc2OC)CC1. The van der Waals surface area contributed by atoms with E-state index in [4.69, 9.17) is 32.7 Å². The maximum Gasteiger partial charge on any atom is 0.255 e. The Balaban J connectivity index is 1.54. The topological polar surface area (TPSA) is 83.1 Å². The summed E-state index contributed by atoms with van der Waals surface area (Å²) in [5.74, 6) is 0.213. The molecule has 1 aliphatic heterocycles. The van der Waals surface area contributed by atoms with E-state index in [-0.39, 0.29) is 11.8 Å². The van der Waals surface area contributed by atoms with Crippen molar-refractivity contribution in [2.45, 2.75) is 0 Å². The van der Waals surface area contributed by atoms with E-state index in [1.807, 2.05) is 30.3 Å². The number of benzene rings is 3. The minimum absolute atomic E-state index is 0.244. The van der Waals surface area contributed by atoms with Crippen LogP contribution in [-0.2, 0) is 4.74 Å². The summed E-state index contributed by atoms with van der Waals surface area (Å²) in [5.41, 5.74) is 3.12. The summed E-state index contributed by atoms with van der Waals surface area (Å²) in [6, 6.07) is 17.9. The van der Waals surface area contributed by atoms with Crippen LogP contribution in [0.5, 0.6) is 5.75 Å². The van der Waals surface area contributed by atoms with E-state index in [0.29, 0.717) is 53.1 Å². The van der Waals surface area contributed by atoms with Gasteiger partial charge in [-0.05, 0) is 48.5 Å². The number of hydrogen-bond donors (Lipinski definition) is 2. The molecule has 0 bridgehead atoms. The van der Waals surface area contributed by atoms with E-state index >= 15 is 0 Å². The van der Waals surface area contributed by atoms with E-state index in [1.165, 1.54) is 12.1 Å². The Morgan fingerprint density at radius 2 is 1.50 bits per heavy atom. The summed E-state index contributed by atoms with van der Waals surface area (Å²) in [5, 5.41) is 6.46. The van der Waals surface area contributed by atoms with E-state index in [9.17, 15) is 9.59 Å². The zero-order valence-electron chi connectivity index (χ0n) is 21.3. The number of amides is 2. The van der Waals surface area contributed by atoms with Gasteiger partial charge in [-0.15, -0.1) is 0 Å². The highest BCUT2D eigenvalue weighted by Crippen LogP contribution is 2.31. The fraction of sp³-hybridized carbons (Fsp3) is 0.286. The van der Waals surface area contributed by atoms with Crippen LogP contribution in [0.1, 0.15) is 20.7 Å². The van der Waals surface area contributed by atoms with Crippen molar-refractivity contribution in [3.8, 4) is 5.75 Å². The number of ether oxygens (including phenoxy) is 2. The van der Waals surface area contributed by atoms with E-state index in [2.05, 4.69) is 20.4 Å². The van der Waals surface area contributed by atoms with Crippen molar-refractivity contribution in [1.82, 2.24) is 5.32 Å². The van der Waals surface area contributed by atoms with Crippen molar-refractivity contribution >= 4 is 52.1 Å². The van der Waals surface area contributed by atoms with E-state index < -0.39 is 0 Å². The first-order valence-electron chi connectivity index (χ1n) is 12.2. The van der Waals surface area contributed by atoms with Crippen molar-refractivity contribution in [2.75, 3.05) is 68.7 Å². The molecule has 8 nitrogen and oxygen atoms in total. The lowest BCUT2D eigenvalue weighted by Gasteiger charge is -2.38. The molecule has 0 unspecified atom stereocenters. The molecule has 4 rings (SSSR count). The number of hydrogen-bond acceptors (Lipinski definition) is 6. The second kappa shape index (κ2) is 12.9. The molecule has 3 aromatic carbocycles. The van der Waals surface area contributed by atoms with Crippen LogP contribution in [0.25, 0.3) is 0 Å². The molecule has 2 amide bonds. The second-order valence-electron chi connectivity index (χ2n) is 8.74. The number of carbonyl (C=O) groups is 2. The Morgan fingerprint density at radius 3 is 2.16 bits per heavy atom. The summed E-state index contributed by atoms with van der Waals surface area (Å²) >= 11 is 12.1. The molecule has 1 saturated heterocycles. The normalized spacial score (nSPS) is 13.3. The zero-order valence-corrected chi connectivity index (χ0v) is 22.8. The molecule has 1 heterocycles. The van der Waals surface area contributed by atoms with Gasteiger partial charge in [-0.25, -0.2) is 0 Å². The minimum atomic E-state index is -0.377. The first kappa shape index (κ1) is 27.6. The second-order valence-corrected chi connectivity index (χ2v) is 9.61. The van der Waals surface area contributed by atoms with Gasteiger partial charge in [-0.3, -0.25) is 9.59 Å². The Bertz CT molecular complexity index is 1280. The van der Waals surface area contributed by atoms with Gasteiger partial charge in [0.15, 0.2) is 0 Å². The fourth-order valence-corrected chi connectivity index (χ4v) is 4.93. The molecule has 1 aliphatic rings. The summed E-state index contributed by atoms with van der Waals surface area (Å²) in [6.07, 6.45) is 0. The highest BCUT2D eigenvalue weighted by molar-refractivity contribution is 6.35. The van der Waals surface area contributed by atoms with Crippen LogP contribution in [-0.4, -0.2) is 65.4 Å². The van der Waals surface area contributed by atoms with Gasteiger partial charge < -0.3 is 29.9 Å². The molecule has 0 aliphatic carbocycles. The molecular formula is C28H30Cl2N4O4. The Morgan fingerprint density at radius 1 is 0.842 bits per heavy atom. The zero-order chi connectivity index (χ0) is 27.1. The number of nitrogens with zero attached hydrogens (tertiary/aromatic N) is 2. The van der Waals surface area contributed by atoms with Gasteiger partial charge in [0.2, 0.25) is 0 Å². The van der Waals surface area contributed by atoms with Crippen LogP contribution in [0.3, 0.4) is 0 Å². The average molecular weight is 557 g/mol. The minimum Gasteiger partial charge on any atom is -0.495 e. The Kier molecular flexibility index (Phi) is 9.33. The van der Waals surface area contributed by atoms with Crippen LogP contribution in [0.4, 0.5) is 17.1 Å². The van der Waals surface area contributed by atoms with Gasteiger partial charge >= 0.3 is 0 Å². The standard InChI is InChI=1S/C28H30Cl2N4O4/c1-37-14-9-31-28(36)23-18-22(32-27(35)19-15-20(29)17-21(30)16-19)7-8-24(23)33-10-12-34(13-11-33)25-5-3-4-6-26(25)38-2/h3-8,15-18H,9-14H2,1-2H3,(H,31,36)(H,32,35). The molecule has 10 heteroatoms. The Hall–Kier alpha value is -3.46. The van der Waals surface area contributed by atoms with Gasteiger partial charge in [0.1, 0.15) is 5.75 Å². The largest absolute Gasteiger partial charge is 0.495 e. The maximum absolute atomic E-state index is 13.2. The average Bonchev–Trinajstić information content (AvgIpc) is 2.92. The summed E-state index contributed by atoms with van der Waals surface area (Å²) in [6.45, 7) is 3.71. The van der Waals surface area contributed by atoms with Gasteiger partial charge in [-0.2, -0.15) is 0 Å². The monoisotopic (exact) mass is 556 g/mol. The number of para-hydroxylation sites is 2. The molecule has 38 heavy (non-hydrogen) atoms. The molecule has 2 N–H and O–H groups in total. The van der Waals surface area contributed by atoms with Crippen LogP contribution in [0.15, 0.2) is 60.7 Å². The number of carbonyl (C=O) groups excluding carboxylic acids is 2. The number of anilines is 3. The third-order valence-corrected chi connectivity index (χ3v) is 6.70. The van der Waals surface area contributed by atoms with Crippen molar-refractivity contribution in [3.63, 3.8) is 0 Å². The van der Waals surface area contributed by atoms with Crippen molar-refractivity contribution < 1.29 is 19.1 Å². The number of nitrogens with one attached hydrogen (secondary N) is 2. The van der Waals surface area contributed by atoms with Crippen molar-refractivity contribution in [3.05, 3.63) is 81.8 Å². The summed E-state index contributed by atoms with van der Waals surface area (Å²) < 4.78 is 10.6. The lowest BCUT2D eigenvalue weighted by molar-refractivity contribution is 0.0936. The maximum atomic E-state index is 13.2. The molecule has 3 aromatic rings. The first-order valence-corrected chi connectivity index (χ1v) is 13.0. The lowest BCUT2D eigenvalue weighted by Crippen LogP contribution is -2.47. The molecule has 0 atom stereocenters. The lowest BCUT2D eigenvalue weighted by atomic mass is 10.1. The molecular weight excluding hydrogens is 527 g/mol. The summed E-state index contributed by atoms with van der Waals surface area (Å²) in [7, 11) is 3.25. The van der Waals surface area contributed by atoms with Crippen LogP contribution < -0.4 is 25.2 Å². The molecule has 0 spiro atoms. The quantitative estimate of drug-likeness (QED) is 0.362. The van der Waals surface area contributed by atoms with E-state index in [1.54, 1.807) is 32.4 Å². The van der Waals surface area contributed by atoms with Crippen molar-refractivity contribution in [2.24, 2.45) is 0 Å². The number of rotatable bonds is 9. The third kappa shape index (κ3) is 6.69. The van der Waals surface area contributed by atoms with Gasteiger partial charge in [-0.1, -0.05) is 35.3 Å². The van der Waals surface area contributed by atoms with Crippen LogP contribution in [0.2, 0.25) is 10.0 Å². The van der Waals surface area contributed by atoms with Gasteiger partial charge in [0.05, 0.1) is 25.0 Å². The fourth-order valence-electron chi connectivity index (χ4n) is 4.40. The molecule has 0 aromatic heterocycles.